The Kier molecular flexibility index (Phi) is 4.74. The second-order valence-electron chi connectivity index (χ2n) is 8.14. The third-order valence-electron chi connectivity index (χ3n) is 6.02. The number of hydrogen-bond donors (Lipinski definition) is 3. The number of fused-ring (bicyclic) bond motifs is 1. The highest BCUT2D eigenvalue weighted by Gasteiger charge is 2.48. The summed E-state index contributed by atoms with van der Waals surface area (Å²) in [4.78, 5) is 2.31. The van der Waals surface area contributed by atoms with Gasteiger partial charge in [0, 0.05) is 26.1 Å². The normalized spacial score (nSPS) is 25.9. The molecular weight excluding hydrogens is 326 g/mol. The molecule has 1 aliphatic heterocycles. The standard InChI is InChI=1S/C22H27NO3/c24-20-8-6-17(7-9-20)21(25)15-23-13-18-11-22(26,12-19(18)14-23)10-16-4-2-1-3-5-16/h1-9,18-19,21,24-26H,10-15H2/t18-,19-,21-/m0/s1. The number of benzene rings is 2. The highest BCUT2D eigenvalue weighted by Crippen LogP contribution is 2.45. The lowest BCUT2D eigenvalue weighted by molar-refractivity contribution is 0.0328. The third-order valence-corrected chi connectivity index (χ3v) is 6.02. The molecule has 2 aromatic carbocycles. The number of aromatic hydroxyl groups is 1. The molecule has 3 N–H and O–H groups in total. The number of β-amino-alcohol motifs (C(OH)–C–C–N with tert-alkyl or cyclic N) is 1. The van der Waals surface area contributed by atoms with Crippen LogP contribution in [0.5, 0.6) is 5.75 Å². The third kappa shape index (κ3) is 3.78. The molecule has 4 heteroatoms. The Balaban J connectivity index is 1.32. The number of aliphatic hydroxyl groups excluding tert-OH is 1. The summed E-state index contributed by atoms with van der Waals surface area (Å²) in [5, 5.41) is 30.9. The summed E-state index contributed by atoms with van der Waals surface area (Å²) >= 11 is 0. The van der Waals surface area contributed by atoms with Crippen LogP contribution in [0.3, 0.4) is 0 Å². The van der Waals surface area contributed by atoms with E-state index in [2.05, 4.69) is 17.0 Å². The molecule has 26 heavy (non-hydrogen) atoms. The summed E-state index contributed by atoms with van der Waals surface area (Å²) in [6.07, 6.45) is 1.88. The van der Waals surface area contributed by atoms with E-state index in [1.807, 2.05) is 18.2 Å². The fourth-order valence-corrected chi connectivity index (χ4v) is 4.87. The number of hydrogen-bond acceptors (Lipinski definition) is 4. The van der Waals surface area contributed by atoms with Crippen molar-refractivity contribution in [3.8, 4) is 5.75 Å². The monoisotopic (exact) mass is 353 g/mol. The molecule has 2 fully saturated rings. The molecule has 2 aliphatic rings. The summed E-state index contributed by atoms with van der Waals surface area (Å²) in [5.41, 5.74) is 1.45. The second kappa shape index (κ2) is 7.03. The Hall–Kier alpha value is -1.88. The molecule has 3 atom stereocenters. The predicted octanol–water partition coefficient (Wildman–Crippen LogP) is 2.74. The molecule has 0 aromatic heterocycles. The van der Waals surface area contributed by atoms with Crippen molar-refractivity contribution in [3.63, 3.8) is 0 Å². The van der Waals surface area contributed by atoms with Gasteiger partial charge in [-0.15, -0.1) is 0 Å². The van der Waals surface area contributed by atoms with Gasteiger partial charge in [-0.3, -0.25) is 4.90 Å². The second-order valence-corrected chi connectivity index (χ2v) is 8.14. The maximum Gasteiger partial charge on any atom is 0.115 e. The summed E-state index contributed by atoms with van der Waals surface area (Å²) < 4.78 is 0. The van der Waals surface area contributed by atoms with Crippen LogP contribution in [-0.4, -0.2) is 45.5 Å². The largest absolute Gasteiger partial charge is 0.508 e. The molecule has 0 radical (unpaired) electrons. The summed E-state index contributed by atoms with van der Waals surface area (Å²) in [6, 6.07) is 17.0. The lowest BCUT2D eigenvalue weighted by Crippen LogP contribution is -2.33. The first-order chi connectivity index (χ1) is 12.5. The van der Waals surface area contributed by atoms with Crippen LogP contribution in [-0.2, 0) is 6.42 Å². The molecular formula is C22H27NO3. The molecule has 0 bridgehead atoms. The van der Waals surface area contributed by atoms with Crippen LogP contribution in [0.4, 0.5) is 0 Å². The molecule has 1 aliphatic carbocycles. The van der Waals surface area contributed by atoms with Gasteiger partial charge >= 0.3 is 0 Å². The average molecular weight is 353 g/mol. The minimum Gasteiger partial charge on any atom is -0.508 e. The number of phenolic OH excluding ortho intramolecular Hbond substituents is 1. The fraction of sp³-hybridized carbons (Fsp3) is 0.455. The first kappa shape index (κ1) is 17.5. The van der Waals surface area contributed by atoms with Crippen LogP contribution in [0, 0.1) is 11.8 Å². The molecule has 0 amide bonds. The zero-order valence-electron chi connectivity index (χ0n) is 15.0. The molecule has 1 saturated carbocycles. The molecule has 4 nitrogen and oxygen atoms in total. The minimum absolute atomic E-state index is 0.217. The van der Waals surface area contributed by atoms with E-state index >= 15 is 0 Å². The van der Waals surface area contributed by atoms with Crippen molar-refractivity contribution >= 4 is 0 Å². The van der Waals surface area contributed by atoms with E-state index in [4.69, 9.17) is 0 Å². The van der Waals surface area contributed by atoms with E-state index in [0.29, 0.717) is 18.4 Å². The SMILES string of the molecule is Oc1ccc([C@@H](O)CN2C[C@@H]3CC(O)(Cc4ccccc4)C[C@H]3C2)cc1. The zero-order valence-corrected chi connectivity index (χ0v) is 15.0. The van der Waals surface area contributed by atoms with E-state index in [-0.39, 0.29) is 5.75 Å². The van der Waals surface area contributed by atoms with Crippen LogP contribution in [0.15, 0.2) is 54.6 Å². The van der Waals surface area contributed by atoms with E-state index in [1.54, 1.807) is 24.3 Å². The molecule has 1 heterocycles. The van der Waals surface area contributed by atoms with Crippen LogP contribution in [0.2, 0.25) is 0 Å². The Morgan fingerprint density at radius 3 is 2.19 bits per heavy atom. The number of phenols is 1. The Labute approximate surface area is 154 Å². The topological polar surface area (TPSA) is 63.9 Å². The lowest BCUT2D eigenvalue weighted by atomic mass is 9.91. The number of rotatable bonds is 5. The maximum atomic E-state index is 11.0. The van der Waals surface area contributed by atoms with Crippen molar-refractivity contribution in [2.45, 2.75) is 31.0 Å². The van der Waals surface area contributed by atoms with Gasteiger partial charge in [0.2, 0.25) is 0 Å². The first-order valence-corrected chi connectivity index (χ1v) is 9.46. The van der Waals surface area contributed by atoms with Crippen molar-refractivity contribution in [2.24, 2.45) is 11.8 Å². The van der Waals surface area contributed by atoms with Crippen molar-refractivity contribution < 1.29 is 15.3 Å². The maximum absolute atomic E-state index is 11.0. The van der Waals surface area contributed by atoms with Crippen LogP contribution in [0.25, 0.3) is 0 Å². The van der Waals surface area contributed by atoms with Crippen molar-refractivity contribution in [2.75, 3.05) is 19.6 Å². The molecule has 4 rings (SSSR count). The van der Waals surface area contributed by atoms with Crippen molar-refractivity contribution in [1.29, 1.82) is 0 Å². The predicted molar refractivity (Wildman–Crippen MR) is 101 cm³/mol. The van der Waals surface area contributed by atoms with E-state index in [0.717, 1.165) is 37.9 Å². The quantitative estimate of drug-likeness (QED) is 0.773. The highest BCUT2D eigenvalue weighted by atomic mass is 16.3. The Morgan fingerprint density at radius 2 is 1.58 bits per heavy atom. The summed E-state index contributed by atoms with van der Waals surface area (Å²) in [6.45, 7) is 2.49. The molecule has 0 spiro atoms. The molecule has 138 valence electrons. The summed E-state index contributed by atoms with van der Waals surface area (Å²) in [5.74, 6) is 1.24. The lowest BCUT2D eigenvalue weighted by Gasteiger charge is -2.27. The smallest absolute Gasteiger partial charge is 0.115 e. The van der Waals surface area contributed by atoms with Gasteiger partial charge in [0.25, 0.3) is 0 Å². The van der Waals surface area contributed by atoms with E-state index < -0.39 is 11.7 Å². The van der Waals surface area contributed by atoms with Gasteiger partial charge in [-0.25, -0.2) is 0 Å². The zero-order chi connectivity index (χ0) is 18.1. The van der Waals surface area contributed by atoms with Crippen LogP contribution < -0.4 is 0 Å². The summed E-state index contributed by atoms with van der Waals surface area (Å²) in [7, 11) is 0. The van der Waals surface area contributed by atoms with Gasteiger partial charge in [0.15, 0.2) is 0 Å². The van der Waals surface area contributed by atoms with Crippen LogP contribution in [0.1, 0.15) is 30.1 Å². The molecule has 2 aromatic rings. The van der Waals surface area contributed by atoms with Crippen molar-refractivity contribution in [3.05, 3.63) is 65.7 Å². The van der Waals surface area contributed by atoms with Gasteiger partial charge in [-0.1, -0.05) is 42.5 Å². The van der Waals surface area contributed by atoms with Gasteiger partial charge in [0.1, 0.15) is 5.75 Å². The fourth-order valence-electron chi connectivity index (χ4n) is 4.87. The highest BCUT2D eigenvalue weighted by molar-refractivity contribution is 5.27. The molecule has 0 unspecified atom stereocenters. The Bertz CT molecular complexity index is 717. The first-order valence-electron chi connectivity index (χ1n) is 9.46. The number of nitrogens with zero attached hydrogens (tertiary/aromatic N) is 1. The minimum atomic E-state index is -0.585. The van der Waals surface area contributed by atoms with Crippen LogP contribution >= 0.6 is 0 Å². The van der Waals surface area contributed by atoms with Gasteiger partial charge in [-0.2, -0.15) is 0 Å². The van der Waals surface area contributed by atoms with Gasteiger partial charge in [0.05, 0.1) is 11.7 Å². The number of aliphatic hydroxyl groups is 2. The Morgan fingerprint density at radius 1 is 0.962 bits per heavy atom. The molecule has 1 saturated heterocycles. The van der Waals surface area contributed by atoms with E-state index in [1.165, 1.54) is 5.56 Å². The average Bonchev–Trinajstić information content (AvgIpc) is 3.10. The van der Waals surface area contributed by atoms with Gasteiger partial charge < -0.3 is 15.3 Å². The van der Waals surface area contributed by atoms with E-state index in [9.17, 15) is 15.3 Å². The van der Waals surface area contributed by atoms with Gasteiger partial charge in [-0.05, 0) is 47.9 Å². The number of likely N-dealkylation sites (tertiary alicyclic amines) is 1. The van der Waals surface area contributed by atoms with Crippen molar-refractivity contribution in [1.82, 2.24) is 4.90 Å².